The lowest BCUT2D eigenvalue weighted by Gasteiger charge is -2.03. The van der Waals surface area contributed by atoms with Gasteiger partial charge in [0.1, 0.15) is 9.53 Å². The molecule has 0 spiro atoms. The van der Waals surface area contributed by atoms with E-state index in [9.17, 15) is 4.79 Å². The Morgan fingerprint density at radius 1 is 1.42 bits per heavy atom. The summed E-state index contributed by atoms with van der Waals surface area (Å²) in [5.74, 6) is 0. The van der Waals surface area contributed by atoms with Gasteiger partial charge in [-0.05, 0) is 12.5 Å². The Morgan fingerprint density at radius 2 is 2.26 bits per heavy atom. The molecule has 98 valence electrons. The molecule has 5 nitrogen and oxygen atoms in total. The maximum absolute atomic E-state index is 12.4. The number of nitrogens with one attached hydrogen (secondary N) is 1. The highest BCUT2D eigenvalue weighted by molar-refractivity contribution is 7.25. The molecule has 0 amide bonds. The first-order valence-electron chi connectivity index (χ1n) is 6.20. The van der Waals surface area contributed by atoms with Crippen molar-refractivity contribution in [3.8, 4) is 0 Å². The number of aromatic nitrogens is 3. The molecule has 0 bridgehead atoms. The van der Waals surface area contributed by atoms with Crippen molar-refractivity contribution >= 4 is 37.5 Å². The van der Waals surface area contributed by atoms with Crippen molar-refractivity contribution in [1.82, 2.24) is 14.5 Å². The molecular weight excluding hydrogens is 260 g/mol. The van der Waals surface area contributed by atoms with Crippen LogP contribution in [0.2, 0.25) is 0 Å². The molecule has 0 unspecified atom stereocenters. The highest BCUT2D eigenvalue weighted by Gasteiger charge is 2.14. The van der Waals surface area contributed by atoms with Crippen LogP contribution >= 0.6 is 11.3 Å². The minimum atomic E-state index is 0.0249. The first-order chi connectivity index (χ1) is 9.26. The van der Waals surface area contributed by atoms with Crippen LogP contribution in [0.4, 0.5) is 5.69 Å². The fraction of sp³-hybridized carbons (Fsp3) is 0.308. The van der Waals surface area contributed by atoms with Crippen LogP contribution in [0.3, 0.4) is 0 Å². The zero-order valence-corrected chi connectivity index (χ0v) is 11.6. The molecule has 3 rings (SSSR count). The van der Waals surface area contributed by atoms with Gasteiger partial charge in [-0.25, -0.2) is 9.97 Å². The quantitative estimate of drug-likeness (QED) is 0.797. The molecule has 6 heteroatoms. The number of rotatable bonds is 3. The van der Waals surface area contributed by atoms with Crippen molar-refractivity contribution in [2.24, 2.45) is 0 Å². The molecule has 3 heterocycles. The van der Waals surface area contributed by atoms with Gasteiger partial charge in [0.2, 0.25) is 0 Å². The van der Waals surface area contributed by atoms with Gasteiger partial charge in [0, 0.05) is 25.5 Å². The van der Waals surface area contributed by atoms with E-state index in [0.717, 1.165) is 27.8 Å². The molecule has 0 saturated heterocycles. The largest absolute Gasteiger partial charge is 0.387 e. The molecule has 3 aromatic heterocycles. The van der Waals surface area contributed by atoms with Crippen molar-refractivity contribution in [2.45, 2.75) is 19.9 Å². The van der Waals surface area contributed by atoms with E-state index in [0.29, 0.717) is 11.2 Å². The minimum Gasteiger partial charge on any atom is -0.387 e. The fourth-order valence-electron chi connectivity index (χ4n) is 2.19. The number of thiophene rings is 1. The second kappa shape index (κ2) is 4.62. The van der Waals surface area contributed by atoms with Gasteiger partial charge in [-0.2, -0.15) is 0 Å². The zero-order valence-electron chi connectivity index (χ0n) is 10.8. The summed E-state index contributed by atoms with van der Waals surface area (Å²) in [5.41, 5.74) is 1.73. The Bertz CT molecular complexity index is 805. The smallest absolute Gasteiger partial charge is 0.271 e. The van der Waals surface area contributed by atoms with Crippen molar-refractivity contribution in [3.05, 3.63) is 28.9 Å². The van der Waals surface area contributed by atoms with E-state index in [4.69, 9.17) is 0 Å². The topological polar surface area (TPSA) is 59.8 Å². The van der Waals surface area contributed by atoms with Gasteiger partial charge >= 0.3 is 0 Å². The van der Waals surface area contributed by atoms with Crippen LogP contribution in [0.1, 0.15) is 13.3 Å². The molecular formula is C13H14N4OS. The summed E-state index contributed by atoms with van der Waals surface area (Å²) in [6.45, 7) is 2.74. The summed E-state index contributed by atoms with van der Waals surface area (Å²) in [6.07, 6.45) is 4.29. The zero-order chi connectivity index (χ0) is 13.4. The number of aryl methyl sites for hydroxylation is 1. The average molecular weight is 274 g/mol. The number of fused-ring (bicyclic) bond motifs is 3. The number of pyridine rings is 1. The van der Waals surface area contributed by atoms with Gasteiger partial charge in [0.15, 0.2) is 0 Å². The lowest BCUT2D eigenvalue weighted by Crippen LogP contribution is -2.19. The molecule has 0 aliphatic heterocycles. The van der Waals surface area contributed by atoms with Gasteiger partial charge in [-0.1, -0.05) is 6.92 Å². The SMILES string of the molecule is CCCn1cnc2c(sc3nccc(NC)c32)c1=O. The van der Waals surface area contributed by atoms with Crippen LogP contribution in [-0.2, 0) is 6.54 Å². The van der Waals surface area contributed by atoms with Crippen LogP contribution in [-0.4, -0.2) is 21.6 Å². The van der Waals surface area contributed by atoms with Crippen molar-refractivity contribution in [3.63, 3.8) is 0 Å². The molecule has 1 N–H and O–H groups in total. The monoisotopic (exact) mass is 274 g/mol. The molecule has 0 atom stereocenters. The Hall–Kier alpha value is -1.95. The normalized spacial score (nSPS) is 11.3. The number of nitrogens with zero attached hydrogens (tertiary/aromatic N) is 3. The molecule has 0 fully saturated rings. The Balaban J connectivity index is 2.41. The summed E-state index contributed by atoms with van der Waals surface area (Å²) >= 11 is 1.41. The molecule has 0 radical (unpaired) electrons. The van der Waals surface area contributed by atoms with Gasteiger partial charge in [0.05, 0.1) is 17.2 Å². The molecule has 0 aromatic carbocycles. The lowest BCUT2D eigenvalue weighted by atomic mass is 10.2. The van der Waals surface area contributed by atoms with E-state index in [1.165, 1.54) is 11.3 Å². The third kappa shape index (κ3) is 1.79. The second-order valence-corrected chi connectivity index (χ2v) is 5.31. The van der Waals surface area contributed by atoms with Crippen molar-refractivity contribution in [1.29, 1.82) is 0 Å². The number of hydrogen-bond acceptors (Lipinski definition) is 5. The lowest BCUT2D eigenvalue weighted by molar-refractivity contribution is 0.649. The molecule has 0 aliphatic carbocycles. The second-order valence-electron chi connectivity index (χ2n) is 4.31. The first-order valence-corrected chi connectivity index (χ1v) is 7.02. The van der Waals surface area contributed by atoms with Crippen LogP contribution < -0.4 is 10.9 Å². The summed E-state index contributed by atoms with van der Waals surface area (Å²) in [4.78, 5) is 22.0. The van der Waals surface area contributed by atoms with E-state index in [1.54, 1.807) is 17.1 Å². The van der Waals surface area contributed by atoms with E-state index in [1.807, 2.05) is 20.0 Å². The predicted molar refractivity (Wildman–Crippen MR) is 79.0 cm³/mol. The standard InChI is InChI=1S/C13H14N4OS/c1-3-6-17-7-16-10-9-8(14-2)4-5-15-12(9)19-11(10)13(17)18/h4-5,7H,3,6H2,1-2H3,(H,14,15). The predicted octanol–water partition coefficient (Wildman–Crippen LogP) is 2.46. The highest BCUT2D eigenvalue weighted by Crippen LogP contribution is 2.33. The summed E-state index contributed by atoms with van der Waals surface area (Å²) in [5, 5.41) is 4.06. The van der Waals surface area contributed by atoms with Crippen LogP contribution in [0, 0.1) is 0 Å². The number of anilines is 1. The van der Waals surface area contributed by atoms with E-state index in [-0.39, 0.29) is 5.56 Å². The van der Waals surface area contributed by atoms with Gasteiger partial charge in [0.25, 0.3) is 5.56 Å². The maximum atomic E-state index is 12.4. The fourth-order valence-corrected chi connectivity index (χ4v) is 3.27. The van der Waals surface area contributed by atoms with Crippen LogP contribution in [0.25, 0.3) is 20.4 Å². The Kier molecular flexibility index (Phi) is 2.94. The molecule has 19 heavy (non-hydrogen) atoms. The van der Waals surface area contributed by atoms with Gasteiger partial charge < -0.3 is 5.32 Å². The van der Waals surface area contributed by atoms with Crippen LogP contribution in [0.15, 0.2) is 23.4 Å². The van der Waals surface area contributed by atoms with Crippen molar-refractivity contribution < 1.29 is 0 Å². The first kappa shape index (κ1) is 12.1. The molecule has 0 saturated carbocycles. The Labute approximate surface area is 113 Å². The van der Waals surface area contributed by atoms with Gasteiger partial charge in [-0.3, -0.25) is 9.36 Å². The maximum Gasteiger partial charge on any atom is 0.271 e. The molecule has 3 aromatic rings. The number of hydrogen-bond donors (Lipinski definition) is 1. The summed E-state index contributed by atoms with van der Waals surface area (Å²) in [6, 6.07) is 1.90. The molecule has 0 aliphatic rings. The third-order valence-electron chi connectivity index (χ3n) is 3.08. The van der Waals surface area contributed by atoms with E-state index in [2.05, 4.69) is 15.3 Å². The van der Waals surface area contributed by atoms with Gasteiger partial charge in [-0.15, -0.1) is 11.3 Å². The minimum absolute atomic E-state index is 0.0249. The van der Waals surface area contributed by atoms with Crippen molar-refractivity contribution in [2.75, 3.05) is 12.4 Å². The van der Waals surface area contributed by atoms with Crippen LogP contribution in [0.5, 0.6) is 0 Å². The third-order valence-corrected chi connectivity index (χ3v) is 4.16. The van der Waals surface area contributed by atoms with E-state index >= 15 is 0 Å². The summed E-state index contributed by atoms with van der Waals surface area (Å²) < 4.78 is 2.35. The Morgan fingerprint density at radius 3 is 3.00 bits per heavy atom. The highest BCUT2D eigenvalue weighted by atomic mass is 32.1. The average Bonchev–Trinajstić information content (AvgIpc) is 2.81. The summed E-state index contributed by atoms with van der Waals surface area (Å²) in [7, 11) is 1.86. The van der Waals surface area contributed by atoms with E-state index < -0.39 is 0 Å².